The van der Waals surface area contributed by atoms with Gasteiger partial charge < -0.3 is 20.1 Å². The van der Waals surface area contributed by atoms with E-state index in [4.69, 9.17) is 9.84 Å². The molecule has 170 valence electrons. The third-order valence-corrected chi connectivity index (χ3v) is 6.21. The van der Waals surface area contributed by atoms with Crippen LogP contribution >= 0.6 is 0 Å². The number of carbonyl (C=O) groups is 2. The Balaban J connectivity index is 1.42. The van der Waals surface area contributed by atoms with Gasteiger partial charge >= 0.3 is 0 Å². The number of nitrogens with one attached hydrogen (secondary N) is 1. The molecule has 2 heterocycles. The van der Waals surface area contributed by atoms with Crippen molar-refractivity contribution >= 4 is 17.6 Å². The summed E-state index contributed by atoms with van der Waals surface area (Å²) in [6.07, 6.45) is 0.980. The highest BCUT2D eigenvalue weighted by atomic mass is 19.1. The molecule has 0 spiro atoms. The number of nitrogens with zero attached hydrogens (tertiary/aromatic N) is 2. The van der Waals surface area contributed by atoms with E-state index in [0.29, 0.717) is 30.5 Å². The molecule has 2 amide bonds. The summed E-state index contributed by atoms with van der Waals surface area (Å²) in [7, 11) is 0. The van der Waals surface area contributed by atoms with Crippen molar-refractivity contribution in [1.82, 2.24) is 9.88 Å². The molecule has 1 saturated heterocycles. The van der Waals surface area contributed by atoms with Gasteiger partial charge in [0.1, 0.15) is 24.3 Å². The van der Waals surface area contributed by atoms with Crippen LogP contribution in [0.5, 0.6) is 5.75 Å². The largest absolute Gasteiger partial charge is 0.487 e. The number of carbonyl (C=O) groups excluding carboxylic acids is 2. The number of piperidine rings is 1. The highest BCUT2D eigenvalue weighted by molar-refractivity contribution is 5.94. The first kappa shape index (κ1) is 22.2. The van der Waals surface area contributed by atoms with E-state index in [9.17, 15) is 14.0 Å². The van der Waals surface area contributed by atoms with Gasteiger partial charge in [-0.1, -0.05) is 13.0 Å². The monoisotopic (exact) mass is 441 g/mol. The van der Waals surface area contributed by atoms with Gasteiger partial charge in [0, 0.05) is 25.1 Å². The van der Waals surface area contributed by atoms with Crippen LogP contribution in [-0.2, 0) is 9.59 Å². The Morgan fingerprint density at radius 3 is 2.69 bits per heavy atom. The SMILES string of the molecule is Cc1cc(-c2ccnc(NC(=O)C3CC3C)c2)ccc1O[C@H]1CCN(C(=O)CO)C[C@H]1F. The maximum atomic E-state index is 14.5. The lowest BCUT2D eigenvalue weighted by Gasteiger charge is -2.34. The van der Waals surface area contributed by atoms with E-state index < -0.39 is 24.8 Å². The van der Waals surface area contributed by atoms with Crippen LogP contribution in [0, 0.1) is 18.8 Å². The van der Waals surface area contributed by atoms with Crippen molar-refractivity contribution in [3.05, 3.63) is 42.1 Å². The summed E-state index contributed by atoms with van der Waals surface area (Å²) < 4.78 is 20.5. The zero-order valence-electron chi connectivity index (χ0n) is 18.3. The molecule has 8 heteroatoms. The second-order valence-electron chi connectivity index (χ2n) is 8.68. The van der Waals surface area contributed by atoms with Crippen molar-refractivity contribution in [2.45, 2.75) is 39.0 Å². The molecule has 2 N–H and O–H groups in total. The van der Waals surface area contributed by atoms with Crippen LogP contribution < -0.4 is 10.1 Å². The van der Waals surface area contributed by atoms with Crippen LogP contribution in [0.2, 0.25) is 0 Å². The zero-order chi connectivity index (χ0) is 22.8. The van der Waals surface area contributed by atoms with Gasteiger partial charge in [0.05, 0.1) is 6.54 Å². The molecule has 7 nitrogen and oxygen atoms in total. The van der Waals surface area contributed by atoms with Gasteiger partial charge in [-0.05, 0) is 60.2 Å². The Bertz CT molecular complexity index is 1010. The number of anilines is 1. The molecular weight excluding hydrogens is 413 g/mol. The first-order chi connectivity index (χ1) is 15.4. The number of likely N-dealkylation sites (tertiary alicyclic amines) is 1. The van der Waals surface area contributed by atoms with Gasteiger partial charge in [0.25, 0.3) is 0 Å². The predicted molar refractivity (Wildman–Crippen MR) is 118 cm³/mol. The van der Waals surface area contributed by atoms with Crippen LogP contribution in [0.15, 0.2) is 36.5 Å². The van der Waals surface area contributed by atoms with Crippen molar-refractivity contribution in [2.75, 3.05) is 25.0 Å². The molecule has 2 fully saturated rings. The summed E-state index contributed by atoms with van der Waals surface area (Å²) >= 11 is 0. The summed E-state index contributed by atoms with van der Waals surface area (Å²) in [6.45, 7) is 3.62. The van der Waals surface area contributed by atoms with E-state index in [-0.39, 0.29) is 18.4 Å². The summed E-state index contributed by atoms with van der Waals surface area (Å²) in [4.78, 5) is 29.3. The van der Waals surface area contributed by atoms with Gasteiger partial charge in [-0.25, -0.2) is 9.37 Å². The molecule has 1 saturated carbocycles. The molecule has 2 unspecified atom stereocenters. The number of rotatable bonds is 6. The average molecular weight is 442 g/mol. The molecule has 1 aromatic carbocycles. The summed E-state index contributed by atoms with van der Waals surface area (Å²) in [6, 6.07) is 9.37. The molecule has 1 aromatic heterocycles. The van der Waals surface area contributed by atoms with Crippen LogP contribution in [0.4, 0.5) is 10.2 Å². The van der Waals surface area contributed by atoms with Crippen molar-refractivity contribution in [1.29, 1.82) is 0 Å². The van der Waals surface area contributed by atoms with Crippen molar-refractivity contribution in [3.63, 3.8) is 0 Å². The molecule has 0 radical (unpaired) electrons. The lowest BCUT2D eigenvalue weighted by molar-refractivity contribution is -0.138. The second kappa shape index (κ2) is 9.24. The number of aliphatic hydroxyl groups is 1. The third-order valence-electron chi connectivity index (χ3n) is 6.21. The minimum atomic E-state index is -1.32. The normalized spacial score (nSPS) is 24.7. The number of ether oxygens (including phenoxy) is 1. The van der Waals surface area contributed by atoms with E-state index >= 15 is 0 Å². The van der Waals surface area contributed by atoms with Gasteiger partial charge in [-0.15, -0.1) is 0 Å². The number of alkyl halides is 1. The number of benzene rings is 1. The lowest BCUT2D eigenvalue weighted by Crippen LogP contribution is -2.50. The lowest BCUT2D eigenvalue weighted by atomic mass is 10.0. The summed E-state index contributed by atoms with van der Waals surface area (Å²) in [5.74, 6) is 1.16. The first-order valence-corrected chi connectivity index (χ1v) is 10.9. The molecule has 4 atom stereocenters. The fourth-order valence-corrected chi connectivity index (χ4v) is 4.05. The maximum absolute atomic E-state index is 14.5. The maximum Gasteiger partial charge on any atom is 0.248 e. The average Bonchev–Trinajstić information content (AvgIpc) is 3.52. The molecule has 4 rings (SSSR count). The van der Waals surface area contributed by atoms with Crippen LogP contribution in [0.3, 0.4) is 0 Å². The molecule has 32 heavy (non-hydrogen) atoms. The topological polar surface area (TPSA) is 91.8 Å². The summed E-state index contributed by atoms with van der Waals surface area (Å²) in [5.41, 5.74) is 2.71. The molecule has 0 bridgehead atoms. The standard InChI is InChI=1S/C24H28FN3O4/c1-14-10-18(14)24(31)27-22-11-17(5-7-26-22)16-3-4-20(15(2)9-16)32-21-6-8-28(12-19(21)25)23(30)13-29/h3-5,7,9,11,14,18-19,21,29H,6,8,10,12-13H2,1-2H3,(H,26,27,31)/t14?,18?,19-,21+/m1/s1. The van der Waals surface area contributed by atoms with Gasteiger partial charge in [0.2, 0.25) is 11.8 Å². The number of aliphatic hydroxyl groups excluding tert-OH is 1. The number of pyridine rings is 1. The highest BCUT2D eigenvalue weighted by Gasteiger charge is 2.39. The number of halogens is 1. The third kappa shape index (κ3) is 4.91. The Morgan fingerprint density at radius 1 is 1.28 bits per heavy atom. The van der Waals surface area contributed by atoms with Crippen molar-refractivity contribution < 1.29 is 23.8 Å². The quantitative estimate of drug-likeness (QED) is 0.719. The van der Waals surface area contributed by atoms with Gasteiger partial charge in [-0.3, -0.25) is 9.59 Å². The van der Waals surface area contributed by atoms with Crippen LogP contribution in [0.1, 0.15) is 25.3 Å². The number of hydrogen-bond acceptors (Lipinski definition) is 5. The van der Waals surface area contributed by atoms with Gasteiger partial charge in [0.15, 0.2) is 6.17 Å². The number of aromatic nitrogens is 1. The molecule has 2 aliphatic rings. The van der Waals surface area contributed by atoms with Crippen molar-refractivity contribution in [3.8, 4) is 16.9 Å². The molecule has 2 aromatic rings. The van der Waals surface area contributed by atoms with Crippen LogP contribution in [-0.4, -0.2) is 58.8 Å². The zero-order valence-corrected chi connectivity index (χ0v) is 18.3. The molecule has 1 aliphatic heterocycles. The van der Waals surface area contributed by atoms with Gasteiger partial charge in [-0.2, -0.15) is 0 Å². The van der Waals surface area contributed by atoms with E-state index in [0.717, 1.165) is 23.1 Å². The number of aryl methyl sites for hydroxylation is 1. The smallest absolute Gasteiger partial charge is 0.248 e. The number of amides is 2. The number of hydrogen-bond donors (Lipinski definition) is 2. The van der Waals surface area contributed by atoms with E-state index in [2.05, 4.69) is 17.2 Å². The van der Waals surface area contributed by atoms with Crippen molar-refractivity contribution in [2.24, 2.45) is 11.8 Å². The predicted octanol–water partition coefficient (Wildman–Crippen LogP) is 2.96. The van der Waals surface area contributed by atoms with E-state index in [1.807, 2.05) is 37.3 Å². The summed E-state index contributed by atoms with van der Waals surface area (Å²) in [5, 5.41) is 11.8. The van der Waals surface area contributed by atoms with Crippen LogP contribution in [0.25, 0.3) is 11.1 Å². The molecule has 1 aliphatic carbocycles. The Labute approximate surface area is 186 Å². The minimum absolute atomic E-state index is 0.00888. The Hall–Kier alpha value is -3.00. The Kier molecular flexibility index (Phi) is 6.41. The second-order valence-corrected chi connectivity index (χ2v) is 8.68. The first-order valence-electron chi connectivity index (χ1n) is 10.9. The molecular formula is C24H28FN3O4. The van der Waals surface area contributed by atoms with E-state index in [1.54, 1.807) is 6.20 Å². The van der Waals surface area contributed by atoms with E-state index in [1.165, 1.54) is 4.90 Å². The fourth-order valence-electron chi connectivity index (χ4n) is 4.05. The fraction of sp³-hybridized carbons (Fsp3) is 0.458. The minimum Gasteiger partial charge on any atom is -0.487 e. The highest BCUT2D eigenvalue weighted by Crippen LogP contribution is 2.38. The Morgan fingerprint density at radius 2 is 2.03 bits per heavy atom.